The number of phenolic OH excluding ortho intramolecular Hbond substituents is 1. The highest BCUT2D eigenvalue weighted by Gasteiger charge is 2.48. The molecule has 6 aliphatic rings. The highest BCUT2D eigenvalue weighted by molar-refractivity contribution is 6.23. The molecule has 0 aliphatic carbocycles. The van der Waals surface area contributed by atoms with Crippen LogP contribution in [0.1, 0.15) is 40.0 Å². The van der Waals surface area contributed by atoms with Crippen molar-refractivity contribution >= 4 is 46.9 Å². The van der Waals surface area contributed by atoms with Crippen LogP contribution in [0.15, 0.2) is 48.5 Å². The number of piperidine rings is 2. The van der Waals surface area contributed by atoms with Crippen molar-refractivity contribution in [3.05, 3.63) is 59.7 Å². The van der Waals surface area contributed by atoms with Crippen molar-refractivity contribution in [3.63, 3.8) is 0 Å². The molecule has 3 atom stereocenters. The van der Waals surface area contributed by atoms with E-state index in [1.807, 2.05) is 21.9 Å². The second-order valence-electron chi connectivity index (χ2n) is 15.6. The summed E-state index contributed by atoms with van der Waals surface area (Å²) in [5, 5.41) is 24.5. The summed E-state index contributed by atoms with van der Waals surface area (Å²) >= 11 is 0. The predicted molar refractivity (Wildman–Crippen MR) is 202 cm³/mol. The van der Waals surface area contributed by atoms with E-state index in [-0.39, 0.29) is 54.8 Å². The number of phenols is 1. The molecule has 7 heterocycles. The number of benzene rings is 2. The van der Waals surface area contributed by atoms with Gasteiger partial charge in [0, 0.05) is 89.0 Å². The Morgan fingerprint density at radius 1 is 0.860 bits per heavy atom. The van der Waals surface area contributed by atoms with Gasteiger partial charge in [-0.15, -0.1) is 10.2 Å². The lowest BCUT2D eigenvalue weighted by Crippen LogP contribution is -2.62. The molecule has 6 amide bonds. The zero-order valence-electron chi connectivity index (χ0n) is 31.1. The smallest absolute Gasteiger partial charge is 0.320 e. The molecule has 298 valence electrons. The van der Waals surface area contributed by atoms with Crippen LogP contribution < -0.4 is 20.4 Å². The van der Waals surface area contributed by atoms with Crippen LogP contribution in [0.3, 0.4) is 0 Å². The molecular weight excluding hydrogens is 742 g/mol. The molecular formula is C39H42F2N10O6. The van der Waals surface area contributed by atoms with Crippen LogP contribution in [-0.4, -0.2) is 155 Å². The summed E-state index contributed by atoms with van der Waals surface area (Å²) in [5.74, 6) is -5.66. The number of aromatic hydroxyl groups is 1. The Balaban J connectivity index is 0.774. The van der Waals surface area contributed by atoms with Gasteiger partial charge in [-0.25, -0.2) is 13.6 Å². The van der Waals surface area contributed by atoms with E-state index >= 15 is 8.78 Å². The monoisotopic (exact) mass is 784 g/mol. The van der Waals surface area contributed by atoms with E-state index in [0.717, 1.165) is 10.6 Å². The fourth-order valence-electron chi connectivity index (χ4n) is 9.00. The van der Waals surface area contributed by atoms with E-state index in [9.17, 15) is 29.1 Å². The summed E-state index contributed by atoms with van der Waals surface area (Å²) in [6.45, 7) is 4.03. The van der Waals surface area contributed by atoms with Gasteiger partial charge >= 0.3 is 6.03 Å². The number of piperazine rings is 2. The normalized spacial score (nSPS) is 24.8. The van der Waals surface area contributed by atoms with Gasteiger partial charge in [-0.3, -0.25) is 34.3 Å². The third-order valence-corrected chi connectivity index (χ3v) is 12.2. The lowest BCUT2D eigenvalue weighted by molar-refractivity contribution is -0.136. The molecule has 0 bridgehead atoms. The SMILES string of the molecule is O=C1CCC(N2C(=O)c3ccc(N4CCC(CN5CCN(C(=O)N6CCN7c8cc(-c9ccccc9O)nnc8NC[C@H]7C6)CC5)C(F)(F)C4)cc3C2=O)C(=O)N1. The Kier molecular flexibility index (Phi) is 9.17. The summed E-state index contributed by atoms with van der Waals surface area (Å²) < 4.78 is 31.6. The van der Waals surface area contributed by atoms with Gasteiger partial charge < -0.3 is 30.0 Å². The predicted octanol–water partition coefficient (Wildman–Crippen LogP) is 2.07. The number of hydrogen-bond acceptors (Lipinski definition) is 12. The maximum absolute atomic E-state index is 15.8. The third-order valence-electron chi connectivity index (χ3n) is 12.2. The van der Waals surface area contributed by atoms with E-state index in [4.69, 9.17) is 0 Å². The molecule has 0 spiro atoms. The van der Waals surface area contributed by atoms with Gasteiger partial charge in [0.1, 0.15) is 11.8 Å². The van der Waals surface area contributed by atoms with Crippen LogP contribution in [0.2, 0.25) is 0 Å². The van der Waals surface area contributed by atoms with E-state index in [1.165, 1.54) is 17.0 Å². The van der Waals surface area contributed by atoms with Crippen LogP contribution in [0.25, 0.3) is 11.3 Å². The van der Waals surface area contributed by atoms with E-state index in [2.05, 4.69) is 25.7 Å². The molecule has 2 aromatic carbocycles. The number of alkyl halides is 2. The summed E-state index contributed by atoms with van der Waals surface area (Å²) in [4.78, 5) is 74.4. The number of carbonyl (C=O) groups is 5. The number of anilines is 3. The van der Waals surface area contributed by atoms with Crippen molar-refractivity contribution in [2.75, 3.05) is 87.1 Å². The molecule has 6 aliphatic heterocycles. The summed E-state index contributed by atoms with van der Waals surface area (Å²) in [6.07, 6.45) is 0.240. The maximum atomic E-state index is 15.8. The van der Waals surface area contributed by atoms with E-state index in [1.54, 1.807) is 29.2 Å². The van der Waals surface area contributed by atoms with Crippen molar-refractivity contribution in [2.45, 2.75) is 37.3 Å². The standard InChI is InChI=1S/C39H42F2N10O6/c40-39(41)22-49(24-5-6-26-28(17-24)37(56)51(36(26)55)30-7-8-33(53)43-35(30)54)10-9-23(39)20-46-11-13-47(14-12-46)38(57)48-15-16-50-25(21-48)19-42-34-31(50)18-29(44-45-34)27-3-1-2-4-32(27)52/h1-6,17-18,23,25,30,52H,7-16,19-22H2,(H,42,45)(H,43,53,54)/t23?,25-,30?/m0/s1. The van der Waals surface area contributed by atoms with Crippen molar-refractivity contribution in [3.8, 4) is 17.0 Å². The molecule has 2 unspecified atom stereocenters. The zero-order chi connectivity index (χ0) is 39.6. The van der Waals surface area contributed by atoms with Crippen molar-refractivity contribution in [1.82, 2.24) is 35.1 Å². The van der Waals surface area contributed by atoms with Crippen molar-refractivity contribution in [1.29, 1.82) is 0 Å². The number of rotatable bonds is 5. The molecule has 1 aromatic heterocycles. The molecule has 9 rings (SSSR count). The molecule has 16 nitrogen and oxygen atoms in total. The number of halogens is 2. The molecule has 18 heteroatoms. The minimum absolute atomic E-state index is 0.00167. The van der Waals surface area contributed by atoms with Crippen LogP contribution in [-0.2, 0) is 9.59 Å². The average Bonchev–Trinajstić information content (AvgIpc) is 3.46. The van der Waals surface area contributed by atoms with Crippen molar-refractivity contribution in [2.24, 2.45) is 5.92 Å². The molecule has 57 heavy (non-hydrogen) atoms. The fourth-order valence-corrected chi connectivity index (χ4v) is 9.00. The number of para-hydroxylation sites is 1. The van der Waals surface area contributed by atoms with Gasteiger partial charge in [-0.2, -0.15) is 0 Å². The number of imide groups is 2. The number of aromatic nitrogens is 2. The summed E-state index contributed by atoms with van der Waals surface area (Å²) in [6, 6.07) is 12.2. The number of amides is 6. The van der Waals surface area contributed by atoms with Crippen LogP contribution >= 0.6 is 0 Å². The first-order valence-corrected chi connectivity index (χ1v) is 19.4. The third kappa shape index (κ3) is 6.64. The topological polar surface area (TPSA) is 175 Å². The lowest BCUT2D eigenvalue weighted by Gasteiger charge is -2.47. The fraction of sp³-hybridized carbons (Fsp3) is 0.462. The van der Waals surface area contributed by atoms with E-state index in [0.29, 0.717) is 81.7 Å². The summed E-state index contributed by atoms with van der Waals surface area (Å²) in [7, 11) is 0. The number of urea groups is 1. The van der Waals surface area contributed by atoms with Crippen LogP contribution in [0.5, 0.6) is 5.75 Å². The van der Waals surface area contributed by atoms with E-state index < -0.39 is 48.1 Å². The molecule has 3 N–H and O–H groups in total. The maximum Gasteiger partial charge on any atom is 0.320 e. The number of nitrogens with zero attached hydrogens (tertiary/aromatic N) is 8. The Hall–Kier alpha value is -5.91. The Bertz CT molecular complexity index is 2160. The quantitative estimate of drug-likeness (QED) is 0.322. The first-order chi connectivity index (χ1) is 27.4. The first-order valence-electron chi connectivity index (χ1n) is 19.4. The lowest BCUT2D eigenvalue weighted by atomic mass is 9.91. The Labute approximate surface area is 326 Å². The van der Waals surface area contributed by atoms with Crippen LogP contribution in [0, 0.1) is 5.92 Å². The van der Waals surface area contributed by atoms with Crippen molar-refractivity contribution < 1.29 is 37.9 Å². The minimum Gasteiger partial charge on any atom is -0.507 e. The van der Waals surface area contributed by atoms with Crippen LogP contribution in [0.4, 0.5) is 30.8 Å². The van der Waals surface area contributed by atoms with Gasteiger partial charge in [-0.05, 0) is 49.2 Å². The number of fused-ring (bicyclic) bond motifs is 4. The molecule has 4 saturated heterocycles. The van der Waals surface area contributed by atoms with Gasteiger partial charge in [0.05, 0.1) is 35.1 Å². The average molecular weight is 785 g/mol. The second kappa shape index (κ2) is 14.2. The first kappa shape index (κ1) is 36.7. The minimum atomic E-state index is -3.04. The van der Waals surface area contributed by atoms with Gasteiger partial charge in [-0.1, -0.05) is 12.1 Å². The number of hydrogen-bond donors (Lipinski definition) is 3. The second-order valence-corrected chi connectivity index (χ2v) is 15.6. The zero-order valence-corrected chi connectivity index (χ0v) is 31.1. The molecule has 3 aromatic rings. The molecule has 0 saturated carbocycles. The highest BCUT2D eigenvalue weighted by Crippen LogP contribution is 2.39. The summed E-state index contributed by atoms with van der Waals surface area (Å²) in [5.41, 5.74) is 2.57. The largest absolute Gasteiger partial charge is 0.507 e. The molecule has 4 fully saturated rings. The van der Waals surface area contributed by atoms with Gasteiger partial charge in [0.25, 0.3) is 17.7 Å². The number of carbonyl (C=O) groups excluding carboxylic acids is 5. The highest BCUT2D eigenvalue weighted by atomic mass is 19.3. The number of nitrogens with one attached hydrogen (secondary N) is 2. The Morgan fingerprint density at radius 3 is 2.40 bits per heavy atom. The Morgan fingerprint density at radius 2 is 1.63 bits per heavy atom. The van der Waals surface area contributed by atoms with Gasteiger partial charge in [0.15, 0.2) is 5.82 Å². The van der Waals surface area contributed by atoms with Gasteiger partial charge in [0.2, 0.25) is 11.8 Å². The molecule has 0 radical (unpaired) electrons.